The predicted molar refractivity (Wildman–Crippen MR) is 80.9 cm³/mol. The second-order valence-electron chi connectivity index (χ2n) is 5.67. The number of aliphatic carboxylic acids is 1. The maximum Gasteiger partial charge on any atom is 0.490 e. The van der Waals surface area contributed by atoms with Crippen molar-refractivity contribution in [1.29, 1.82) is 0 Å². The first kappa shape index (κ1) is 20.1. The zero-order chi connectivity index (χ0) is 19.7. The average Bonchev–Trinajstić information content (AvgIpc) is 2.54. The largest absolute Gasteiger partial charge is 0.490 e. The monoisotopic (exact) mass is 397 g/mol. The first-order valence-corrected chi connectivity index (χ1v) is 8.66. The molecule has 9 nitrogen and oxygen atoms in total. The number of nitro groups is 1. The number of hydrogen-bond acceptors (Lipinski definition) is 6. The van der Waals surface area contributed by atoms with Gasteiger partial charge < -0.3 is 10.4 Å². The van der Waals surface area contributed by atoms with Crippen LogP contribution in [0.3, 0.4) is 0 Å². The van der Waals surface area contributed by atoms with E-state index < -0.39 is 27.1 Å². The third-order valence-electron chi connectivity index (χ3n) is 3.82. The second-order valence-corrected chi connectivity index (χ2v) is 7.61. The molecule has 0 aliphatic carbocycles. The summed E-state index contributed by atoms with van der Waals surface area (Å²) < 4.78 is 57.9. The van der Waals surface area contributed by atoms with Crippen LogP contribution in [0.25, 0.3) is 0 Å². The lowest BCUT2D eigenvalue weighted by molar-refractivity contribution is -0.384. The number of carbonyl (C=O) groups is 1. The van der Waals surface area contributed by atoms with Crippen LogP contribution in [-0.4, -0.2) is 60.1 Å². The number of nitro benzene ring substituents is 1. The number of carboxylic acid groups (broad SMARTS) is 1. The quantitative estimate of drug-likeness (QED) is 0.574. The van der Waals surface area contributed by atoms with Gasteiger partial charge in [-0.3, -0.25) is 10.1 Å². The Hall–Kier alpha value is -2.25. The molecule has 0 spiro atoms. The van der Waals surface area contributed by atoms with Gasteiger partial charge >= 0.3 is 12.1 Å². The molecule has 3 aliphatic rings. The van der Waals surface area contributed by atoms with Gasteiger partial charge in [0, 0.05) is 37.3 Å². The van der Waals surface area contributed by atoms with Crippen molar-refractivity contribution in [2.24, 2.45) is 0 Å². The van der Waals surface area contributed by atoms with Crippen molar-refractivity contribution in [2.45, 2.75) is 29.6 Å². The summed E-state index contributed by atoms with van der Waals surface area (Å²) in [5.74, 6) is -2.76. The Labute approximate surface area is 145 Å². The molecule has 0 aromatic heterocycles. The number of piperidine rings is 1. The van der Waals surface area contributed by atoms with Crippen molar-refractivity contribution in [2.75, 3.05) is 13.1 Å². The molecule has 26 heavy (non-hydrogen) atoms. The SMILES string of the molecule is O=C(O)C(F)(F)F.O=[N+]([O-])c1ccc(S(=O)(=O)N2CC3CC(C2)N3)cc1. The lowest BCUT2D eigenvalue weighted by Crippen LogP contribution is -2.67. The molecule has 1 aromatic rings. The first-order valence-electron chi connectivity index (χ1n) is 7.22. The van der Waals surface area contributed by atoms with Gasteiger partial charge in [-0.05, 0) is 18.6 Å². The highest BCUT2D eigenvalue weighted by Gasteiger charge is 2.41. The van der Waals surface area contributed by atoms with Crippen LogP contribution < -0.4 is 5.32 Å². The van der Waals surface area contributed by atoms with Crippen molar-refractivity contribution in [3.63, 3.8) is 0 Å². The highest BCUT2D eigenvalue weighted by molar-refractivity contribution is 7.89. The van der Waals surface area contributed by atoms with E-state index in [0.717, 1.165) is 6.42 Å². The fourth-order valence-corrected chi connectivity index (χ4v) is 4.09. The third kappa shape index (κ3) is 4.47. The lowest BCUT2D eigenvalue weighted by Gasteiger charge is -2.47. The van der Waals surface area contributed by atoms with E-state index in [9.17, 15) is 31.7 Å². The number of alkyl halides is 3. The molecule has 2 unspecified atom stereocenters. The molecule has 3 heterocycles. The number of rotatable bonds is 3. The predicted octanol–water partition coefficient (Wildman–Crippen LogP) is 0.963. The molecule has 13 heteroatoms. The maximum atomic E-state index is 12.4. The molecule has 2 N–H and O–H groups in total. The van der Waals surface area contributed by atoms with Crippen LogP contribution in [0, 0.1) is 10.1 Å². The van der Waals surface area contributed by atoms with Crippen molar-refractivity contribution in [3.8, 4) is 0 Å². The summed E-state index contributed by atoms with van der Waals surface area (Å²) >= 11 is 0. The van der Waals surface area contributed by atoms with Gasteiger partial charge in [0.25, 0.3) is 5.69 Å². The lowest BCUT2D eigenvalue weighted by atomic mass is 9.93. The molecule has 3 saturated heterocycles. The molecular formula is C13H14F3N3O6S. The van der Waals surface area contributed by atoms with Gasteiger partial charge in [0.05, 0.1) is 9.82 Å². The first-order chi connectivity index (χ1) is 11.9. The Morgan fingerprint density at radius 3 is 2.00 bits per heavy atom. The summed E-state index contributed by atoms with van der Waals surface area (Å²) in [5.41, 5.74) is -0.109. The van der Waals surface area contributed by atoms with Crippen molar-refractivity contribution in [3.05, 3.63) is 34.4 Å². The van der Waals surface area contributed by atoms with Crippen molar-refractivity contribution >= 4 is 21.7 Å². The molecule has 2 bridgehead atoms. The van der Waals surface area contributed by atoms with Gasteiger partial charge in [-0.25, -0.2) is 13.2 Å². The van der Waals surface area contributed by atoms with Crippen LogP contribution in [0.4, 0.5) is 18.9 Å². The zero-order valence-corrected chi connectivity index (χ0v) is 13.8. The normalized spacial score (nSPS) is 22.6. The highest BCUT2D eigenvalue weighted by Crippen LogP contribution is 2.27. The van der Waals surface area contributed by atoms with E-state index in [0.29, 0.717) is 13.1 Å². The number of non-ortho nitro benzene ring substituents is 1. The number of sulfonamides is 1. The third-order valence-corrected chi connectivity index (χ3v) is 5.66. The minimum Gasteiger partial charge on any atom is -0.475 e. The van der Waals surface area contributed by atoms with Gasteiger partial charge in [0.1, 0.15) is 0 Å². The Balaban J connectivity index is 0.000000298. The van der Waals surface area contributed by atoms with Gasteiger partial charge in [-0.2, -0.15) is 17.5 Å². The van der Waals surface area contributed by atoms with Crippen LogP contribution in [-0.2, 0) is 14.8 Å². The standard InChI is InChI=1S/C11H13N3O4S.C2HF3O2/c15-14(16)10-1-3-11(4-2-10)19(17,18)13-6-8-5-9(7-13)12-8;3-2(4,5)1(6)7/h1-4,8-9,12H,5-7H2;(H,6,7). The number of halogens is 3. The number of nitrogens with zero attached hydrogens (tertiary/aromatic N) is 2. The molecule has 0 saturated carbocycles. The van der Waals surface area contributed by atoms with Gasteiger partial charge in [0.2, 0.25) is 10.0 Å². The number of benzene rings is 1. The van der Waals surface area contributed by atoms with Crippen molar-refractivity contribution in [1.82, 2.24) is 9.62 Å². The fourth-order valence-electron chi connectivity index (χ4n) is 2.56. The number of fused-ring (bicyclic) bond motifs is 2. The minimum atomic E-state index is -5.08. The average molecular weight is 397 g/mol. The zero-order valence-electron chi connectivity index (χ0n) is 13.0. The smallest absolute Gasteiger partial charge is 0.475 e. The molecule has 3 aliphatic heterocycles. The maximum absolute atomic E-state index is 12.4. The molecule has 4 rings (SSSR count). The Kier molecular flexibility index (Phi) is 5.53. The molecule has 144 valence electrons. The Bertz CT molecular complexity index is 780. The van der Waals surface area contributed by atoms with Crippen molar-refractivity contribution < 1.29 is 36.4 Å². The molecular weight excluding hydrogens is 383 g/mol. The minimum absolute atomic E-state index is 0.109. The van der Waals surface area contributed by atoms with Gasteiger partial charge in [-0.1, -0.05) is 0 Å². The van der Waals surface area contributed by atoms with E-state index in [4.69, 9.17) is 9.90 Å². The number of nitrogens with one attached hydrogen (secondary N) is 1. The van der Waals surface area contributed by atoms with Crippen LogP contribution in [0.1, 0.15) is 6.42 Å². The summed E-state index contributed by atoms with van der Waals surface area (Å²) in [6.07, 6.45) is -4.06. The van der Waals surface area contributed by atoms with Crippen LogP contribution in [0.2, 0.25) is 0 Å². The molecule has 3 fully saturated rings. The van der Waals surface area contributed by atoms with E-state index in [1.165, 1.54) is 28.6 Å². The van der Waals surface area contributed by atoms with E-state index in [-0.39, 0.29) is 22.7 Å². The summed E-state index contributed by atoms with van der Waals surface area (Å²) in [6.45, 7) is 0.936. The summed E-state index contributed by atoms with van der Waals surface area (Å²) in [5, 5.41) is 20.9. The van der Waals surface area contributed by atoms with Crippen LogP contribution in [0.15, 0.2) is 29.2 Å². The molecule has 0 radical (unpaired) electrons. The van der Waals surface area contributed by atoms with Crippen LogP contribution in [0.5, 0.6) is 0 Å². The van der Waals surface area contributed by atoms with Crippen LogP contribution >= 0.6 is 0 Å². The number of piperazine rings is 1. The highest BCUT2D eigenvalue weighted by atomic mass is 32.2. The topological polar surface area (TPSA) is 130 Å². The van der Waals surface area contributed by atoms with E-state index in [2.05, 4.69) is 5.32 Å². The van der Waals surface area contributed by atoms with E-state index >= 15 is 0 Å². The summed E-state index contributed by atoms with van der Waals surface area (Å²) in [7, 11) is -3.54. The number of hydrogen-bond donors (Lipinski definition) is 2. The van der Waals surface area contributed by atoms with Gasteiger partial charge in [-0.15, -0.1) is 0 Å². The Morgan fingerprint density at radius 1 is 1.23 bits per heavy atom. The summed E-state index contributed by atoms with van der Waals surface area (Å²) in [6, 6.07) is 5.51. The van der Waals surface area contributed by atoms with E-state index in [1.54, 1.807) is 0 Å². The van der Waals surface area contributed by atoms with Gasteiger partial charge in [0.15, 0.2) is 0 Å². The molecule has 1 aromatic carbocycles. The number of carboxylic acids is 1. The van der Waals surface area contributed by atoms with E-state index in [1.807, 2.05) is 0 Å². The molecule has 0 amide bonds. The Morgan fingerprint density at radius 2 is 1.65 bits per heavy atom. The molecule has 2 atom stereocenters. The summed E-state index contributed by atoms with van der Waals surface area (Å²) in [4.78, 5) is 19.0. The second kappa shape index (κ2) is 7.17. The fraction of sp³-hybridized carbons (Fsp3) is 0.462.